The zero-order valence-corrected chi connectivity index (χ0v) is 11.1. The summed E-state index contributed by atoms with van der Waals surface area (Å²) in [5.74, 6) is -1.21. The second-order valence-corrected chi connectivity index (χ2v) is 4.73. The first-order valence-electron chi connectivity index (χ1n) is 5.51. The van der Waals surface area contributed by atoms with Gasteiger partial charge in [0.25, 0.3) is 0 Å². The molecule has 0 saturated heterocycles. The fourth-order valence-electron chi connectivity index (χ4n) is 1.13. The quantitative estimate of drug-likeness (QED) is 0.692. The Balaban J connectivity index is 4.45. The average Bonchev–Trinajstić information content (AvgIpc) is 2.20. The fourth-order valence-corrected chi connectivity index (χ4v) is 1.13. The molecule has 0 aliphatic carbocycles. The minimum Gasteiger partial charge on any atom is -0.467 e. The first-order chi connectivity index (χ1) is 8.15. The number of primary amides is 1. The van der Waals surface area contributed by atoms with Crippen LogP contribution in [0, 0.1) is 0 Å². The highest BCUT2D eigenvalue weighted by Crippen LogP contribution is 2.08. The van der Waals surface area contributed by atoms with Crippen molar-refractivity contribution in [2.24, 2.45) is 5.73 Å². The van der Waals surface area contributed by atoms with Crippen molar-refractivity contribution >= 4 is 18.0 Å². The Hall–Kier alpha value is -1.79. The van der Waals surface area contributed by atoms with E-state index in [2.05, 4.69) is 10.1 Å². The summed E-state index contributed by atoms with van der Waals surface area (Å²) in [5, 5.41) is 2.34. The van der Waals surface area contributed by atoms with Crippen molar-refractivity contribution < 1.29 is 23.9 Å². The molecule has 0 unspecified atom stereocenters. The molecule has 1 atom stereocenters. The maximum atomic E-state index is 11.5. The summed E-state index contributed by atoms with van der Waals surface area (Å²) in [6.45, 7) is 5.09. The molecular formula is C11H20N2O5. The minimum absolute atomic E-state index is 0.0322. The van der Waals surface area contributed by atoms with E-state index in [0.29, 0.717) is 0 Å². The standard InChI is InChI=1S/C11H20N2O5/c1-11(2,3)18-10(16)13-7(9(15)17-4)5-6-8(12)14/h7H,5-6H2,1-4H3,(H2,12,14)(H,13,16)/t7-/m1/s1. The Morgan fingerprint density at radius 2 is 1.83 bits per heavy atom. The molecule has 0 aliphatic rings. The van der Waals surface area contributed by atoms with Crippen molar-refractivity contribution in [2.45, 2.75) is 45.3 Å². The van der Waals surface area contributed by atoms with Gasteiger partial charge in [-0.1, -0.05) is 0 Å². The molecule has 0 rings (SSSR count). The Bertz CT molecular complexity index is 322. The molecule has 0 radical (unpaired) electrons. The number of methoxy groups -OCH3 is 1. The highest BCUT2D eigenvalue weighted by atomic mass is 16.6. The van der Waals surface area contributed by atoms with Crippen molar-refractivity contribution in [3.05, 3.63) is 0 Å². The number of rotatable bonds is 5. The van der Waals surface area contributed by atoms with Crippen LogP contribution in [0.2, 0.25) is 0 Å². The smallest absolute Gasteiger partial charge is 0.408 e. The Kier molecular flexibility index (Phi) is 6.15. The molecule has 0 aromatic rings. The molecule has 104 valence electrons. The molecule has 0 bridgehead atoms. The lowest BCUT2D eigenvalue weighted by molar-refractivity contribution is -0.143. The molecule has 3 N–H and O–H groups in total. The highest BCUT2D eigenvalue weighted by molar-refractivity contribution is 5.82. The summed E-state index contributed by atoms with van der Waals surface area (Å²) >= 11 is 0. The number of ether oxygens (including phenoxy) is 2. The summed E-state index contributed by atoms with van der Waals surface area (Å²) in [7, 11) is 1.19. The van der Waals surface area contributed by atoms with E-state index in [1.165, 1.54) is 7.11 Å². The number of hydrogen-bond acceptors (Lipinski definition) is 5. The maximum Gasteiger partial charge on any atom is 0.408 e. The minimum atomic E-state index is -0.947. The second-order valence-electron chi connectivity index (χ2n) is 4.73. The zero-order valence-electron chi connectivity index (χ0n) is 11.1. The van der Waals surface area contributed by atoms with Gasteiger partial charge in [0.15, 0.2) is 0 Å². The first-order valence-corrected chi connectivity index (χ1v) is 5.51. The van der Waals surface area contributed by atoms with Gasteiger partial charge >= 0.3 is 12.1 Å². The molecule has 2 amide bonds. The molecule has 0 aromatic heterocycles. The molecule has 18 heavy (non-hydrogen) atoms. The number of amides is 2. The van der Waals surface area contributed by atoms with Crippen molar-refractivity contribution in [3.63, 3.8) is 0 Å². The highest BCUT2D eigenvalue weighted by Gasteiger charge is 2.25. The van der Waals surface area contributed by atoms with E-state index >= 15 is 0 Å². The van der Waals surface area contributed by atoms with Crippen LogP contribution in [0.15, 0.2) is 0 Å². The number of nitrogens with one attached hydrogen (secondary N) is 1. The van der Waals surface area contributed by atoms with Gasteiger partial charge in [-0.05, 0) is 27.2 Å². The molecule has 0 saturated carbocycles. The van der Waals surface area contributed by atoms with Crippen LogP contribution >= 0.6 is 0 Å². The topological polar surface area (TPSA) is 108 Å². The van der Waals surface area contributed by atoms with Crippen LogP contribution in [-0.4, -0.2) is 36.7 Å². The van der Waals surface area contributed by atoms with Gasteiger partial charge in [-0.2, -0.15) is 0 Å². The lowest BCUT2D eigenvalue weighted by Crippen LogP contribution is -2.44. The van der Waals surface area contributed by atoms with Crippen LogP contribution in [0.1, 0.15) is 33.6 Å². The van der Waals surface area contributed by atoms with E-state index in [9.17, 15) is 14.4 Å². The lowest BCUT2D eigenvalue weighted by Gasteiger charge is -2.22. The monoisotopic (exact) mass is 260 g/mol. The van der Waals surface area contributed by atoms with Gasteiger partial charge in [0.05, 0.1) is 7.11 Å². The maximum absolute atomic E-state index is 11.5. The third-order valence-corrected chi connectivity index (χ3v) is 1.86. The molecule has 7 nitrogen and oxygen atoms in total. The van der Waals surface area contributed by atoms with Crippen molar-refractivity contribution in [1.82, 2.24) is 5.32 Å². The summed E-state index contributed by atoms with van der Waals surface area (Å²) < 4.78 is 9.51. The number of alkyl carbamates (subject to hydrolysis) is 1. The Morgan fingerprint density at radius 3 is 2.22 bits per heavy atom. The zero-order chi connectivity index (χ0) is 14.3. The molecular weight excluding hydrogens is 240 g/mol. The Labute approximate surface area is 106 Å². The van der Waals surface area contributed by atoms with E-state index in [-0.39, 0.29) is 12.8 Å². The van der Waals surface area contributed by atoms with Crippen LogP contribution < -0.4 is 11.1 Å². The number of carbonyl (C=O) groups excluding carboxylic acids is 3. The average molecular weight is 260 g/mol. The number of hydrogen-bond donors (Lipinski definition) is 2. The largest absolute Gasteiger partial charge is 0.467 e. The SMILES string of the molecule is COC(=O)[C@@H](CCC(N)=O)NC(=O)OC(C)(C)C. The van der Waals surface area contributed by atoms with Gasteiger partial charge < -0.3 is 20.5 Å². The molecule has 0 aliphatic heterocycles. The first kappa shape index (κ1) is 16.2. The molecule has 0 heterocycles. The second kappa shape index (κ2) is 6.83. The van der Waals surface area contributed by atoms with E-state index in [4.69, 9.17) is 10.5 Å². The third-order valence-electron chi connectivity index (χ3n) is 1.86. The van der Waals surface area contributed by atoms with Crippen molar-refractivity contribution in [3.8, 4) is 0 Å². The Morgan fingerprint density at radius 1 is 1.28 bits per heavy atom. The molecule has 0 fully saturated rings. The third kappa shape index (κ3) is 7.48. The van der Waals surface area contributed by atoms with Crippen molar-refractivity contribution in [1.29, 1.82) is 0 Å². The number of carbonyl (C=O) groups is 3. The van der Waals surface area contributed by atoms with Crippen LogP contribution in [0.25, 0.3) is 0 Å². The van der Waals surface area contributed by atoms with E-state index in [0.717, 1.165) is 0 Å². The normalized spacial score (nSPS) is 12.4. The van der Waals surface area contributed by atoms with Gasteiger partial charge in [-0.3, -0.25) is 4.79 Å². The fraction of sp³-hybridized carbons (Fsp3) is 0.727. The molecule has 7 heteroatoms. The van der Waals surface area contributed by atoms with Crippen LogP contribution in [0.3, 0.4) is 0 Å². The van der Waals surface area contributed by atoms with Crippen molar-refractivity contribution in [2.75, 3.05) is 7.11 Å². The van der Waals surface area contributed by atoms with Gasteiger partial charge in [-0.25, -0.2) is 9.59 Å². The predicted molar refractivity (Wildman–Crippen MR) is 63.6 cm³/mol. The summed E-state index contributed by atoms with van der Waals surface area (Å²) in [5.41, 5.74) is 4.31. The number of esters is 1. The van der Waals surface area contributed by atoms with Crippen LogP contribution in [0.5, 0.6) is 0 Å². The molecule has 0 spiro atoms. The lowest BCUT2D eigenvalue weighted by atomic mass is 10.1. The van der Waals surface area contributed by atoms with E-state index in [1.807, 2.05) is 0 Å². The van der Waals surface area contributed by atoms with Gasteiger partial charge in [0.2, 0.25) is 5.91 Å². The molecule has 0 aromatic carbocycles. The van der Waals surface area contributed by atoms with E-state index < -0.39 is 29.6 Å². The van der Waals surface area contributed by atoms with Crippen LogP contribution in [0.4, 0.5) is 4.79 Å². The van der Waals surface area contributed by atoms with E-state index in [1.54, 1.807) is 20.8 Å². The summed E-state index contributed by atoms with van der Waals surface area (Å²) in [6.07, 6.45) is -0.709. The number of nitrogens with two attached hydrogens (primary N) is 1. The predicted octanol–water partition coefficient (Wildman–Crippen LogP) is 0.318. The van der Waals surface area contributed by atoms with Gasteiger partial charge in [0, 0.05) is 6.42 Å². The van der Waals surface area contributed by atoms with Gasteiger partial charge in [-0.15, -0.1) is 0 Å². The van der Waals surface area contributed by atoms with Gasteiger partial charge in [0.1, 0.15) is 11.6 Å². The summed E-state index contributed by atoms with van der Waals surface area (Å²) in [6, 6.07) is -0.947. The van der Waals surface area contributed by atoms with Crippen LogP contribution in [-0.2, 0) is 19.1 Å². The summed E-state index contributed by atoms with van der Waals surface area (Å²) in [4.78, 5) is 33.5.